The van der Waals surface area contributed by atoms with Crippen molar-refractivity contribution in [3.8, 4) is 33.4 Å². The fourth-order valence-electron chi connectivity index (χ4n) is 9.30. The fraction of sp³-hybridized carbons (Fsp3) is 0.0196. The van der Waals surface area contributed by atoms with Crippen LogP contribution in [-0.2, 0) is 5.41 Å². The third kappa shape index (κ3) is 3.99. The number of benzene rings is 9. The molecular formula is C51H33N. The van der Waals surface area contributed by atoms with E-state index in [0.29, 0.717) is 0 Å². The molecule has 11 rings (SSSR count). The molecule has 1 spiro atoms. The smallest absolute Gasteiger partial charge is 0.0725 e. The Hall–Kier alpha value is -6.70. The van der Waals surface area contributed by atoms with Crippen LogP contribution in [0.4, 0.5) is 17.1 Å². The van der Waals surface area contributed by atoms with Crippen molar-refractivity contribution in [2.24, 2.45) is 0 Å². The fourth-order valence-corrected chi connectivity index (χ4v) is 9.30. The summed E-state index contributed by atoms with van der Waals surface area (Å²) in [5.74, 6) is 0. The Morgan fingerprint density at radius 2 is 0.731 bits per heavy atom. The number of hydrogen-bond donors (Lipinski definition) is 0. The van der Waals surface area contributed by atoms with E-state index in [1.165, 1.54) is 88.6 Å². The Morgan fingerprint density at radius 1 is 0.308 bits per heavy atom. The summed E-state index contributed by atoms with van der Waals surface area (Å²) in [5, 5.41) is 4.91. The van der Waals surface area contributed by atoms with Gasteiger partial charge in [-0.1, -0.05) is 170 Å². The van der Waals surface area contributed by atoms with Crippen LogP contribution in [0, 0.1) is 0 Å². The molecule has 0 amide bonds. The zero-order valence-electron chi connectivity index (χ0n) is 28.5. The lowest BCUT2D eigenvalue weighted by molar-refractivity contribution is 0.794. The van der Waals surface area contributed by atoms with Crippen LogP contribution < -0.4 is 4.90 Å². The molecule has 0 saturated heterocycles. The maximum atomic E-state index is 2.43. The molecule has 0 aliphatic heterocycles. The predicted octanol–water partition coefficient (Wildman–Crippen LogP) is 13.5. The van der Waals surface area contributed by atoms with E-state index in [2.05, 4.69) is 205 Å². The van der Waals surface area contributed by atoms with Gasteiger partial charge in [-0.3, -0.25) is 0 Å². The van der Waals surface area contributed by atoms with Crippen molar-refractivity contribution in [1.82, 2.24) is 0 Å². The second-order valence-electron chi connectivity index (χ2n) is 14.0. The molecule has 0 heterocycles. The van der Waals surface area contributed by atoms with E-state index in [9.17, 15) is 0 Å². The number of rotatable bonds is 4. The number of fused-ring (bicyclic) bond motifs is 12. The molecular weight excluding hydrogens is 627 g/mol. The van der Waals surface area contributed by atoms with Crippen LogP contribution in [0.15, 0.2) is 200 Å². The minimum Gasteiger partial charge on any atom is -0.309 e. The van der Waals surface area contributed by atoms with Crippen LogP contribution in [0.25, 0.3) is 54.9 Å². The average Bonchev–Trinajstić information content (AvgIpc) is 3.68. The second kappa shape index (κ2) is 11.2. The molecule has 0 aromatic heterocycles. The highest BCUT2D eigenvalue weighted by molar-refractivity contribution is 6.05. The predicted molar refractivity (Wildman–Crippen MR) is 218 cm³/mol. The number of hydrogen-bond acceptors (Lipinski definition) is 1. The van der Waals surface area contributed by atoms with Gasteiger partial charge in [0.15, 0.2) is 0 Å². The van der Waals surface area contributed by atoms with E-state index in [1.54, 1.807) is 0 Å². The molecule has 0 radical (unpaired) electrons. The molecule has 0 N–H and O–H groups in total. The van der Waals surface area contributed by atoms with Gasteiger partial charge >= 0.3 is 0 Å². The molecule has 1 nitrogen and oxygen atoms in total. The number of nitrogens with zero attached hydrogens (tertiary/aromatic N) is 1. The van der Waals surface area contributed by atoms with Crippen LogP contribution in [0.3, 0.4) is 0 Å². The van der Waals surface area contributed by atoms with Gasteiger partial charge in [0.25, 0.3) is 0 Å². The van der Waals surface area contributed by atoms with Gasteiger partial charge in [-0.15, -0.1) is 0 Å². The van der Waals surface area contributed by atoms with Gasteiger partial charge in [0, 0.05) is 16.5 Å². The molecule has 9 aromatic rings. The lowest BCUT2D eigenvalue weighted by Gasteiger charge is -2.30. The molecule has 0 fully saturated rings. The van der Waals surface area contributed by atoms with E-state index >= 15 is 0 Å². The van der Waals surface area contributed by atoms with Crippen molar-refractivity contribution in [3.05, 3.63) is 222 Å². The third-order valence-electron chi connectivity index (χ3n) is 11.5. The first-order valence-electron chi connectivity index (χ1n) is 18.1. The largest absolute Gasteiger partial charge is 0.309 e. The minimum atomic E-state index is -0.321. The van der Waals surface area contributed by atoms with Gasteiger partial charge in [-0.05, 0) is 96.7 Å². The first kappa shape index (κ1) is 29.1. The first-order chi connectivity index (χ1) is 25.8. The Morgan fingerprint density at radius 3 is 1.29 bits per heavy atom. The molecule has 2 aliphatic carbocycles. The highest BCUT2D eigenvalue weighted by Crippen LogP contribution is 2.63. The van der Waals surface area contributed by atoms with E-state index in [4.69, 9.17) is 0 Å². The standard InChI is InChI=1S/C51H33N/c1-3-17-39-35(13-1)15-11-25-49(39)52(50-26-12-16-36-14-2-4-18-40(36)50)38-30-27-34(28-31-38)37-29-32-48-44(33-37)43-21-7-10-24-47(43)51(48)45-22-8-5-19-41(45)42-20-6-9-23-46(42)51/h1-33H. The lowest BCUT2D eigenvalue weighted by Crippen LogP contribution is -2.25. The van der Waals surface area contributed by atoms with E-state index in [0.717, 1.165) is 5.69 Å². The quantitative estimate of drug-likeness (QED) is 0.182. The van der Waals surface area contributed by atoms with Crippen molar-refractivity contribution < 1.29 is 0 Å². The summed E-state index contributed by atoms with van der Waals surface area (Å²) in [6, 6.07) is 73.9. The molecule has 242 valence electrons. The summed E-state index contributed by atoms with van der Waals surface area (Å²) in [7, 11) is 0. The van der Waals surface area contributed by atoms with Crippen LogP contribution in [0.2, 0.25) is 0 Å². The normalized spacial score (nSPS) is 13.2. The van der Waals surface area contributed by atoms with Crippen molar-refractivity contribution in [1.29, 1.82) is 0 Å². The molecule has 0 saturated carbocycles. The van der Waals surface area contributed by atoms with Crippen LogP contribution in [0.5, 0.6) is 0 Å². The monoisotopic (exact) mass is 659 g/mol. The highest BCUT2D eigenvalue weighted by atomic mass is 15.1. The van der Waals surface area contributed by atoms with Crippen molar-refractivity contribution in [2.45, 2.75) is 5.41 Å². The summed E-state index contributed by atoms with van der Waals surface area (Å²) >= 11 is 0. The van der Waals surface area contributed by atoms with Gasteiger partial charge in [-0.2, -0.15) is 0 Å². The van der Waals surface area contributed by atoms with Crippen LogP contribution in [-0.4, -0.2) is 0 Å². The molecule has 1 heteroatoms. The summed E-state index contributed by atoms with van der Waals surface area (Å²) in [4.78, 5) is 2.42. The Bertz CT molecular complexity index is 2730. The van der Waals surface area contributed by atoms with Crippen LogP contribution >= 0.6 is 0 Å². The number of anilines is 3. The van der Waals surface area contributed by atoms with Crippen LogP contribution in [0.1, 0.15) is 22.3 Å². The Kier molecular flexibility index (Phi) is 6.23. The summed E-state index contributed by atoms with van der Waals surface area (Å²) in [6.45, 7) is 0. The lowest BCUT2D eigenvalue weighted by atomic mass is 9.70. The Balaban J connectivity index is 1.07. The summed E-state index contributed by atoms with van der Waals surface area (Å²) in [5.41, 5.74) is 16.4. The first-order valence-corrected chi connectivity index (χ1v) is 18.1. The topological polar surface area (TPSA) is 3.24 Å². The Labute approximate surface area is 303 Å². The zero-order chi connectivity index (χ0) is 34.2. The van der Waals surface area contributed by atoms with Gasteiger partial charge in [0.2, 0.25) is 0 Å². The molecule has 52 heavy (non-hydrogen) atoms. The van der Waals surface area contributed by atoms with Gasteiger partial charge < -0.3 is 4.90 Å². The SMILES string of the molecule is c1ccc2c(c1)-c1ccccc1C21c2ccccc2-c2cc(-c3ccc(N(c4cccc5ccccc45)c4cccc5ccccc45)cc3)ccc21. The molecule has 0 atom stereocenters. The summed E-state index contributed by atoms with van der Waals surface area (Å²) in [6.07, 6.45) is 0. The van der Waals surface area contributed by atoms with Gasteiger partial charge in [-0.25, -0.2) is 0 Å². The van der Waals surface area contributed by atoms with E-state index < -0.39 is 0 Å². The van der Waals surface area contributed by atoms with Gasteiger partial charge in [0.05, 0.1) is 16.8 Å². The van der Waals surface area contributed by atoms with Crippen molar-refractivity contribution in [2.75, 3.05) is 4.90 Å². The molecule has 0 unspecified atom stereocenters. The van der Waals surface area contributed by atoms with E-state index in [1.807, 2.05) is 0 Å². The second-order valence-corrected chi connectivity index (χ2v) is 14.0. The molecule has 0 bridgehead atoms. The molecule has 9 aromatic carbocycles. The average molecular weight is 660 g/mol. The zero-order valence-corrected chi connectivity index (χ0v) is 28.5. The minimum absolute atomic E-state index is 0.321. The maximum Gasteiger partial charge on any atom is 0.0725 e. The van der Waals surface area contributed by atoms with Crippen molar-refractivity contribution >= 4 is 38.6 Å². The van der Waals surface area contributed by atoms with Crippen molar-refractivity contribution in [3.63, 3.8) is 0 Å². The maximum absolute atomic E-state index is 2.43. The summed E-state index contributed by atoms with van der Waals surface area (Å²) < 4.78 is 0. The highest BCUT2D eigenvalue weighted by Gasteiger charge is 2.51. The third-order valence-corrected chi connectivity index (χ3v) is 11.5. The van der Waals surface area contributed by atoms with E-state index in [-0.39, 0.29) is 5.41 Å². The van der Waals surface area contributed by atoms with Gasteiger partial charge in [0.1, 0.15) is 0 Å². The molecule has 2 aliphatic rings.